The number of amides is 1. The quantitative estimate of drug-likeness (QED) is 0.472. The molecule has 1 amide bonds. The smallest absolute Gasteiger partial charge is 0.308 e. The van der Waals surface area contributed by atoms with E-state index in [9.17, 15) is 9.18 Å². The van der Waals surface area contributed by atoms with Crippen LogP contribution in [0.4, 0.5) is 10.1 Å². The van der Waals surface area contributed by atoms with Crippen LogP contribution in [0.3, 0.4) is 0 Å². The van der Waals surface area contributed by atoms with Crippen molar-refractivity contribution in [2.75, 3.05) is 5.32 Å². The Balaban J connectivity index is 2.78. The number of nitrogens with one attached hydrogen (secondary N) is 1. The first kappa shape index (κ1) is 6.60. The van der Waals surface area contributed by atoms with Gasteiger partial charge in [0, 0.05) is 0 Å². The van der Waals surface area contributed by atoms with Crippen molar-refractivity contribution in [2.24, 2.45) is 0 Å². The Hall–Kier alpha value is -1.52. The first-order valence-electron chi connectivity index (χ1n) is 2.50. The second-order valence-electron chi connectivity index (χ2n) is 1.50. The normalized spacial score (nSPS) is 8.90. The zero-order valence-corrected chi connectivity index (χ0v) is 4.91. The lowest BCUT2D eigenvalue weighted by Crippen LogP contribution is -1.96. The molecule has 0 fully saturated rings. The molecule has 0 atom stereocenters. The average molecular weight is 141 g/mol. The lowest BCUT2D eigenvalue weighted by molar-refractivity contribution is -0.105. The number of rotatable bonds is 2. The number of hydrogen-bond acceptors (Lipinski definition) is 3. The molecule has 1 aromatic rings. The molecule has 0 aliphatic carbocycles. The summed E-state index contributed by atoms with van der Waals surface area (Å²) in [6.07, 6.45) is 2.01. The van der Waals surface area contributed by atoms with Gasteiger partial charge in [0.25, 0.3) is 0 Å². The zero-order chi connectivity index (χ0) is 7.40. The van der Waals surface area contributed by atoms with E-state index in [0.717, 1.165) is 0 Å². The molecule has 0 bridgehead atoms. The standard InChI is InChI=1S/C5H4FN3O/c6-5-7-1-4(2-8-5)9-3-10/h1-3H,(H,9,10). The Morgan fingerprint density at radius 2 is 2.10 bits per heavy atom. The highest BCUT2D eigenvalue weighted by Gasteiger charge is 1.91. The number of hydrogen-bond donors (Lipinski definition) is 1. The summed E-state index contributed by atoms with van der Waals surface area (Å²) in [4.78, 5) is 16.2. The number of halogens is 1. The molecule has 10 heavy (non-hydrogen) atoms. The van der Waals surface area contributed by atoms with Gasteiger partial charge in [0.1, 0.15) is 0 Å². The van der Waals surface area contributed by atoms with Crippen LogP contribution in [-0.2, 0) is 4.79 Å². The number of nitrogens with zero attached hydrogens (tertiary/aromatic N) is 2. The first-order chi connectivity index (χ1) is 4.83. The van der Waals surface area contributed by atoms with E-state index in [1.807, 2.05) is 0 Å². The van der Waals surface area contributed by atoms with Crippen molar-refractivity contribution in [3.63, 3.8) is 0 Å². The van der Waals surface area contributed by atoms with Crippen molar-refractivity contribution in [3.8, 4) is 0 Å². The molecule has 1 rings (SSSR count). The topological polar surface area (TPSA) is 54.9 Å². The second-order valence-corrected chi connectivity index (χ2v) is 1.50. The molecule has 0 saturated carbocycles. The molecule has 1 N–H and O–H groups in total. The van der Waals surface area contributed by atoms with Gasteiger partial charge in [0.15, 0.2) is 0 Å². The molecule has 1 heterocycles. The Morgan fingerprint density at radius 3 is 2.60 bits per heavy atom. The lowest BCUT2D eigenvalue weighted by Gasteiger charge is -1.93. The Morgan fingerprint density at radius 1 is 1.50 bits per heavy atom. The summed E-state index contributed by atoms with van der Waals surface area (Å²) >= 11 is 0. The molecule has 0 unspecified atom stereocenters. The third kappa shape index (κ3) is 1.48. The van der Waals surface area contributed by atoms with Crippen molar-refractivity contribution in [1.29, 1.82) is 0 Å². The molecule has 0 radical (unpaired) electrons. The van der Waals surface area contributed by atoms with E-state index in [-0.39, 0.29) is 0 Å². The minimum Gasteiger partial charge on any atom is -0.326 e. The van der Waals surface area contributed by atoms with Crippen molar-refractivity contribution in [3.05, 3.63) is 18.5 Å². The van der Waals surface area contributed by atoms with E-state index in [0.29, 0.717) is 12.1 Å². The zero-order valence-electron chi connectivity index (χ0n) is 4.91. The van der Waals surface area contributed by atoms with E-state index in [4.69, 9.17) is 0 Å². The van der Waals surface area contributed by atoms with E-state index < -0.39 is 6.08 Å². The van der Waals surface area contributed by atoms with Crippen LogP contribution >= 0.6 is 0 Å². The average Bonchev–Trinajstić information content (AvgIpc) is 1.95. The molecule has 4 nitrogen and oxygen atoms in total. The summed E-state index contributed by atoms with van der Waals surface area (Å²) in [5, 5.41) is 2.26. The molecule has 0 aromatic carbocycles. The number of anilines is 1. The predicted octanol–water partition coefficient (Wildman–Crippen LogP) is 0.184. The van der Waals surface area contributed by atoms with Gasteiger partial charge in [-0.05, 0) is 0 Å². The van der Waals surface area contributed by atoms with Gasteiger partial charge in [-0.2, -0.15) is 4.39 Å². The van der Waals surface area contributed by atoms with Crippen LogP contribution in [-0.4, -0.2) is 16.4 Å². The summed E-state index contributed by atoms with van der Waals surface area (Å²) in [7, 11) is 0. The SMILES string of the molecule is O=CNc1cnc(F)nc1. The van der Waals surface area contributed by atoms with E-state index in [1.165, 1.54) is 12.4 Å². The lowest BCUT2D eigenvalue weighted by atomic mass is 10.5. The number of carbonyl (C=O) groups excluding carboxylic acids is 1. The van der Waals surface area contributed by atoms with Crippen molar-refractivity contribution in [2.45, 2.75) is 0 Å². The molecular weight excluding hydrogens is 137 g/mol. The largest absolute Gasteiger partial charge is 0.326 e. The van der Waals surface area contributed by atoms with Crippen molar-refractivity contribution < 1.29 is 9.18 Å². The summed E-state index contributed by atoms with van der Waals surface area (Å²) in [6, 6.07) is 0. The highest BCUT2D eigenvalue weighted by atomic mass is 19.1. The molecule has 0 aliphatic rings. The maximum atomic E-state index is 12.0. The minimum absolute atomic E-state index is 0.372. The summed E-state index contributed by atoms with van der Waals surface area (Å²) in [5.74, 6) is 0. The maximum Gasteiger partial charge on any atom is 0.308 e. The Labute approximate surface area is 56.1 Å². The van der Waals surface area contributed by atoms with Crippen LogP contribution in [0.25, 0.3) is 0 Å². The van der Waals surface area contributed by atoms with Crippen LogP contribution in [0.1, 0.15) is 0 Å². The molecule has 0 spiro atoms. The predicted molar refractivity (Wildman–Crippen MR) is 31.7 cm³/mol. The second kappa shape index (κ2) is 2.86. The first-order valence-corrected chi connectivity index (χ1v) is 2.50. The third-order valence-electron chi connectivity index (χ3n) is 0.846. The van der Waals surface area contributed by atoms with Crippen molar-refractivity contribution in [1.82, 2.24) is 9.97 Å². The summed E-state index contributed by atoms with van der Waals surface area (Å²) < 4.78 is 12.0. The number of aromatic nitrogens is 2. The van der Waals surface area contributed by atoms with Crippen LogP contribution in [0.5, 0.6) is 0 Å². The van der Waals surface area contributed by atoms with Crippen LogP contribution in [0.15, 0.2) is 12.4 Å². The highest BCUT2D eigenvalue weighted by Crippen LogP contribution is 1.98. The van der Waals surface area contributed by atoms with Gasteiger partial charge in [0.05, 0.1) is 18.1 Å². The van der Waals surface area contributed by atoms with Gasteiger partial charge < -0.3 is 5.32 Å². The van der Waals surface area contributed by atoms with Crippen LogP contribution < -0.4 is 5.32 Å². The maximum absolute atomic E-state index is 12.0. The molecule has 1 aromatic heterocycles. The summed E-state index contributed by atoms with van der Waals surface area (Å²) in [6.45, 7) is 0. The highest BCUT2D eigenvalue weighted by molar-refractivity contribution is 5.69. The van der Waals surface area contributed by atoms with Gasteiger partial charge in [-0.15, -0.1) is 0 Å². The van der Waals surface area contributed by atoms with Crippen molar-refractivity contribution >= 4 is 12.1 Å². The number of carbonyl (C=O) groups is 1. The molecule has 5 heteroatoms. The van der Waals surface area contributed by atoms with Gasteiger partial charge in [-0.1, -0.05) is 0 Å². The van der Waals surface area contributed by atoms with Gasteiger partial charge in [-0.25, -0.2) is 9.97 Å². The van der Waals surface area contributed by atoms with Gasteiger partial charge in [-0.3, -0.25) is 4.79 Å². The van der Waals surface area contributed by atoms with Gasteiger partial charge in [0.2, 0.25) is 6.41 Å². The van der Waals surface area contributed by atoms with Gasteiger partial charge >= 0.3 is 6.08 Å². The van der Waals surface area contributed by atoms with Crippen LogP contribution in [0, 0.1) is 6.08 Å². The molecule has 0 saturated heterocycles. The fourth-order valence-electron chi connectivity index (χ4n) is 0.455. The fourth-order valence-corrected chi connectivity index (χ4v) is 0.455. The molecule has 52 valence electrons. The third-order valence-corrected chi connectivity index (χ3v) is 0.846. The van der Waals surface area contributed by atoms with Crippen LogP contribution in [0.2, 0.25) is 0 Å². The summed E-state index contributed by atoms with van der Waals surface area (Å²) in [5.41, 5.74) is 0.372. The molecular formula is C5H4FN3O. The fraction of sp³-hybridized carbons (Fsp3) is 0. The van der Waals surface area contributed by atoms with E-state index in [1.54, 1.807) is 0 Å². The van der Waals surface area contributed by atoms with E-state index >= 15 is 0 Å². The Kier molecular flexibility index (Phi) is 1.89. The van der Waals surface area contributed by atoms with E-state index in [2.05, 4.69) is 15.3 Å². The Bertz CT molecular complexity index is 223. The monoisotopic (exact) mass is 141 g/mol. The minimum atomic E-state index is -0.809. The molecule has 0 aliphatic heterocycles.